The zero-order chi connectivity index (χ0) is 13.9. The fourth-order valence-corrected chi connectivity index (χ4v) is 2.62. The average molecular weight is 265 g/mol. The number of nitrogens with one attached hydrogen (secondary N) is 1. The quantitative estimate of drug-likeness (QED) is 0.333. The third-order valence-corrected chi connectivity index (χ3v) is 3.72. The molecule has 1 aromatic rings. The maximum Gasteiger partial charge on any atom is 0.255 e. The largest absolute Gasteiger partial charge is 0.469 e. The van der Waals surface area contributed by atoms with Crippen LogP contribution in [0.5, 0.6) is 0 Å². The van der Waals surface area contributed by atoms with E-state index >= 15 is 0 Å². The van der Waals surface area contributed by atoms with E-state index in [0.29, 0.717) is 30.6 Å². The van der Waals surface area contributed by atoms with Gasteiger partial charge in [0, 0.05) is 6.42 Å². The summed E-state index contributed by atoms with van der Waals surface area (Å²) in [5, 5.41) is 14.9. The van der Waals surface area contributed by atoms with Gasteiger partial charge in [0.25, 0.3) is 5.91 Å². The molecule has 6 heteroatoms. The molecule has 0 spiro atoms. The van der Waals surface area contributed by atoms with Gasteiger partial charge in [0.05, 0.1) is 11.8 Å². The van der Waals surface area contributed by atoms with Crippen LogP contribution in [-0.2, 0) is 6.42 Å². The van der Waals surface area contributed by atoms with Gasteiger partial charge in [-0.1, -0.05) is 24.9 Å². The summed E-state index contributed by atoms with van der Waals surface area (Å²) >= 11 is 0. The minimum atomic E-state index is -0.728. The summed E-state index contributed by atoms with van der Waals surface area (Å²) in [6.07, 6.45) is 5.41. The lowest BCUT2D eigenvalue weighted by Crippen LogP contribution is -2.55. The van der Waals surface area contributed by atoms with Gasteiger partial charge in [-0.15, -0.1) is 0 Å². The van der Waals surface area contributed by atoms with Crippen molar-refractivity contribution in [1.29, 1.82) is 0 Å². The van der Waals surface area contributed by atoms with E-state index in [1.165, 1.54) is 6.26 Å². The molecule has 0 bridgehead atoms. The molecule has 0 unspecified atom stereocenters. The molecule has 0 aromatic carbocycles. The Morgan fingerprint density at radius 2 is 2.26 bits per heavy atom. The predicted octanol–water partition coefficient (Wildman–Crippen LogP) is 1.63. The average Bonchev–Trinajstić information content (AvgIpc) is 3.06. The van der Waals surface area contributed by atoms with Crippen molar-refractivity contribution in [3.63, 3.8) is 0 Å². The molecule has 0 radical (unpaired) electrons. The summed E-state index contributed by atoms with van der Waals surface area (Å²) in [7, 11) is 0. The highest BCUT2D eigenvalue weighted by atomic mass is 16.4. The van der Waals surface area contributed by atoms with Gasteiger partial charge >= 0.3 is 0 Å². The third-order valence-electron chi connectivity index (χ3n) is 3.72. The third kappa shape index (κ3) is 2.43. The number of hydrogen-bond acceptors (Lipinski definition) is 4. The van der Waals surface area contributed by atoms with Crippen molar-refractivity contribution in [2.45, 2.75) is 44.6 Å². The van der Waals surface area contributed by atoms with Crippen molar-refractivity contribution < 1.29 is 14.4 Å². The van der Waals surface area contributed by atoms with Crippen LogP contribution in [0.1, 0.15) is 48.7 Å². The second kappa shape index (κ2) is 5.34. The topological polar surface area (TPSA) is 101 Å². The van der Waals surface area contributed by atoms with E-state index < -0.39 is 5.54 Å². The van der Waals surface area contributed by atoms with Crippen LogP contribution in [0.4, 0.5) is 0 Å². The van der Waals surface area contributed by atoms with Crippen molar-refractivity contribution in [2.75, 3.05) is 0 Å². The molecule has 2 rings (SSSR count). The standard InChI is InChI=1S/C13H19N3O3/c1-2-10-9(5-8-19-10)11(17)15-13(12(14)16-18)6-3-4-7-13/h5,8,18H,2-4,6-7H2,1H3,(H2,14,16)(H,15,17). The van der Waals surface area contributed by atoms with E-state index in [9.17, 15) is 4.79 Å². The second-order valence-electron chi connectivity index (χ2n) is 4.84. The molecule has 1 fully saturated rings. The molecule has 1 heterocycles. The molecule has 1 aliphatic carbocycles. The van der Waals surface area contributed by atoms with E-state index in [0.717, 1.165) is 12.8 Å². The lowest BCUT2D eigenvalue weighted by atomic mass is 9.95. The number of amidine groups is 1. The van der Waals surface area contributed by atoms with Crippen molar-refractivity contribution >= 4 is 11.7 Å². The highest BCUT2D eigenvalue weighted by molar-refractivity contribution is 6.00. The lowest BCUT2D eigenvalue weighted by Gasteiger charge is -2.28. The highest BCUT2D eigenvalue weighted by Crippen LogP contribution is 2.30. The van der Waals surface area contributed by atoms with E-state index in [1.54, 1.807) is 6.07 Å². The maximum absolute atomic E-state index is 12.3. The van der Waals surface area contributed by atoms with Gasteiger partial charge in [-0.2, -0.15) is 0 Å². The van der Waals surface area contributed by atoms with Crippen LogP contribution in [0.25, 0.3) is 0 Å². The smallest absolute Gasteiger partial charge is 0.255 e. The predicted molar refractivity (Wildman–Crippen MR) is 70.2 cm³/mol. The molecule has 0 aliphatic heterocycles. The van der Waals surface area contributed by atoms with Crippen molar-refractivity contribution in [3.05, 3.63) is 23.7 Å². The van der Waals surface area contributed by atoms with Crippen LogP contribution in [0.3, 0.4) is 0 Å². The van der Waals surface area contributed by atoms with Gasteiger partial charge in [-0.05, 0) is 18.9 Å². The summed E-state index contributed by atoms with van der Waals surface area (Å²) in [4.78, 5) is 12.3. The Labute approximate surface area is 111 Å². The molecule has 1 saturated carbocycles. The Kier molecular flexibility index (Phi) is 3.78. The second-order valence-corrected chi connectivity index (χ2v) is 4.84. The van der Waals surface area contributed by atoms with Gasteiger partial charge in [-0.3, -0.25) is 4.79 Å². The number of aryl methyl sites for hydroxylation is 1. The van der Waals surface area contributed by atoms with E-state index in [4.69, 9.17) is 15.4 Å². The number of carbonyl (C=O) groups excluding carboxylic acids is 1. The van der Waals surface area contributed by atoms with E-state index in [1.807, 2.05) is 6.92 Å². The van der Waals surface area contributed by atoms with Gasteiger partial charge < -0.3 is 20.7 Å². The van der Waals surface area contributed by atoms with Crippen LogP contribution < -0.4 is 11.1 Å². The van der Waals surface area contributed by atoms with Gasteiger partial charge in [0.2, 0.25) is 0 Å². The molecule has 1 amide bonds. The van der Waals surface area contributed by atoms with Crippen molar-refractivity contribution in [3.8, 4) is 0 Å². The molecule has 4 N–H and O–H groups in total. The van der Waals surface area contributed by atoms with Crippen LogP contribution in [0, 0.1) is 0 Å². The minimum Gasteiger partial charge on any atom is -0.469 e. The zero-order valence-electron chi connectivity index (χ0n) is 11.0. The van der Waals surface area contributed by atoms with Crippen LogP contribution in [-0.4, -0.2) is 22.5 Å². The number of amides is 1. The Morgan fingerprint density at radius 3 is 2.84 bits per heavy atom. The fraction of sp³-hybridized carbons (Fsp3) is 0.538. The molecule has 0 saturated heterocycles. The number of carbonyl (C=O) groups is 1. The summed E-state index contributed by atoms with van der Waals surface area (Å²) in [6.45, 7) is 1.92. The molecule has 1 aliphatic rings. The number of hydrogen-bond donors (Lipinski definition) is 3. The summed E-state index contributed by atoms with van der Waals surface area (Å²) in [6, 6.07) is 1.64. The van der Waals surface area contributed by atoms with Crippen molar-refractivity contribution in [1.82, 2.24) is 5.32 Å². The molecule has 0 atom stereocenters. The van der Waals surface area contributed by atoms with Crippen LogP contribution in [0.2, 0.25) is 0 Å². The van der Waals surface area contributed by atoms with Crippen molar-refractivity contribution in [2.24, 2.45) is 10.9 Å². The molecule has 104 valence electrons. The zero-order valence-corrected chi connectivity index (χ0v) is 11.0. The first-order valence-corrected chi connectivity index (χ1v) is 6.50. The number of oxime groups is 1. The van der Waals surface area contributed by atoms with Gasteiger partial charge in [0.15, 0.2) is 5.84 Å². The van der Waals surface area contributed by atoms with Gasteiger partial charge in [0.1, 0.15) is 11.3 Å². The molecule has 1 aromatic heterocycles. The molecular weight excluding hydrogens is 246 g/mol. The first-order valence-electron chi connectivity index (χ1n) is 6.50. The Hall–Kier alpha value is -1.98. The molecule has 6 nitrogen and oxygen atoms in total. The van der Waals surface area contributed by atoms with Gasteiger partial charge in [-0.25, -0.2) is 0 Å². The molecule has 19 heavy (non-hydrogen) atoms. The fourth-order valence-electron chi connectivity index (χ4n) is 2.62. The summed E-state index contributed by atoms with van der Waals surface area (Å²) in [5.41, 5.74) is 5.53. The number of furan rings is 1. The number of rotatable bonds is 4. The SMILES string of the molecule is CCc1occc1C(=O)NC1(/C(N)=N/O)CCCC1. The Balaban J connectivity index is 2.21. The number of nitrogens with zero attached hydrogens (tertiary/aromatic N) is 1. The number of nitrogens with two attached hydrogens (primary N) is 1. The van der Waals surface area contributed by atoms with Crippen LogP contribution >= 0.6 is 0 Å². The highest BCUT2D eigenvalue weighted by Gasteiger charge is 2.40. The maximum atomic E-state index is 12.3. The minimum absolute atomic E-state index is 0.0693. The Morgan fingerprint density at radius 1 is 1.58 bits per heavy atom. The van der Waals surface area contributed by atoms with Crippen LogP contribution in [0.15, 0.2) is 21.9 Å². The summed E-state index contributed by atoms with van der Waals surface area (Å²) < 4.78 is 5.25. The Bertz CT molecular complexity index is 487. The first kappa shape index (κ1) is 13.5. The first-order chi connectivity index (χ1) is 9.13. The van der Waals surface area contributed by atoms with E-state index in [2.05, 4.69) is 10.5 Å². The van der Waals surface area contributed by atoms with E-state index in [-0.39, 0.29) is 11.7 Å². The lowest BCUT2D eigenvalue weighted by molar-refractivity contribution is 0.0920. The molecular formula is C13H19N3O3. The normalized spacial score (nSPS) is 18.5. The monoisotopic (exact) mass is 265 g/mol. The summed E-state index contributed by atoms with van der Waals surface area (Å²) in [5.74, 6) is 0.476.